The first-order chi connectivity index (χ1) is 8.18. The van der Waals surface area contributed by atoms with Crippen LogP contribution in [0, 0.1) is 5.92 Å². The molecular formula is C12H22ClN3O2. The van der Waals surface area contributed by atoms with Crippen molar-refractivity contribution in [1.29, 1.82) is 0 Å². The molecule has 18 heavy (non-hydrogen) atoms. The lowest BCUT2D eigenvalue weighted by Crippen LogP contribution is -2.56. The van der Waals surface area contributed by atoms with Gasteiger partial charge in [-0.05, 0) is 38.8 Å². The van der Waals surface area contributed by atoms with Crippen LogP contribution in [0.4, 0.5) is 0 Å². The normalized spacial score (nSPS) is 25.3. The first-order valence-electron chi connectivity index (χ1n) is 6.46. The largest absolute Gasteiger partial charge is 0.353 e. The molecule has 6 heteroatoms. The van der Waals surface area contributed by atoms with Crippen molar-refractivity contribution in [3.05, 3.63) is 0 Å². The van der Waals surface area contributed by atoms with E-state index in [0.29, 0.717) is 25.4 Å². The Bertz CT molecular complexity index is 306. The zero-order chi connectivity index (χ0) is 12.3. The molecule has 104 valence electrons. The van der Waals surface area contributed by atoms with E-state index in [0.717, 1.165) is 25.9 Å². The van der Waals surface area contributed by atoms with E-state index in [4.69, 9.17) is 0 Å². The number of amides is 2. The Morgan fingerprint density at radius 3 is 2.67 bits per heavy atom. The van der Waals surface area contributed by atoms with Crippen LogP contribution in [0.25, 0.3) is 0 Å². The molecule has 2 heterocycles. The van der Waals surface area contributed by atoms with Crippen LogP contribution in [-0.4, -0.2) is 48.9 Å². The van der Waals surface area contributed by atoms with Crippen molar-refractivity contribution in [3.63, 3.8) is 0 Å². The number of hydrogen-bond donors (Lipinski definition) is 2. The molecule has 0 aromatic carbocycles. The van der Waals surface area contributed by atoms with E-state index in [1.54, 1.807) is 11.8 Å². The van der Waals surface area contributed by atoms with Crippen LogP contribution >= 0.6 is 12.4 Å². The molecule has 0 bridgehead atoms. The van der Waals surface area contributed by atoms with Gasteiger partial charge in [0, 0.05) is 19.5 Å². The topological polar surface area (TPSA) is 61.4 Å². The van der Waals surface area contributed by atoms with E-state index in [2.05, 4.69) is 10.6 Å². The van der Waals surface area contributed by atoms with E-state index < -0.39 is 0 Å². The molecule has 1 atom stereocenters. The molecule has 2 N–H and O–H groups in total. The third kappa shape index (κ3) is 3.59. The Morgan fingerprint density at radius 2 is 2.00 bits per heavy atom. The number of halogens is 1. The van der Waals surface area contributed by atoms with Gasteiger partial charge < -0.3 is 15.5 Å². The second kappa shape index (κ2) is 6.95. The minimum absolute atomic E-state index is 0. The number of piperidine rings is 1. The molecular weight excluding hydrogens is 254 g/mol. The Morgan fingerprint density at radius 1 is 1.33 bits per heavy atom. The zero-order valence-corrected chi connectivity index (χ0v) is 11.6. The summed E-state index contributed by atoms with van der Waals surface area (Å²) in [6.07, 6.45) is 2.74. The van der Waals surface area contributed by atoms with E-state index in [9.17, 15) is 9.59 Å². The summed E-state index contributed by atoms with van der Waals surface area (Å²) in [5.74, 6) is 0.593. The number of nitrogens with one attached hydrogen (secondary N) is 2. The molecule has 5 nitrogen and oxygen atoms in total. The molecule has 2 rings (SSSR count). The third-order valence-corrected chi connectivity index (χ3v) is 3.74. The molecule has 2 fully saturated rings. The Kier molecular flexibility index (Phi) is 5.88. The molecule has 2 amide bonds. The molecule has 0 aliphatic carbocycles. The van der Waals surface area contributed by atoms with Gasteiger partial charge in [0.1, 0.15) is 6.04 Å². The Labute approximate surface area is 114 Å². The monoisotopic (exact) mass is 275 g/mol. The maximum atomic E-state index is 12.1. The molecule has 0 saturated carbocycles. The predicted octanol–water partition coefficient (Wildman–Crippen LogP) is 0.145. The van der Waals surface area contributed by atoms with Crippen molar-refractivity contribution in [1.82, 2.24) is 15.5 Å². The van der Waals surface area contributed by atoms with Crippen LogP contribution in [0.3, 0.4) is 0 Å². The summed E-state index contributed by atoms with van der Waals surface area (Å²) < 4.78 is 0. The Hall–Kier alpha value is -0.810. The molecule has 1 unspecified atom stereocenters. The zero-order valence-electron chi connectivity index (χ0n) is 10.8. The summed E-state index contributed by atoms with van der Waals surface area (Å²) in [6.45, 7) is 5.05. The highest BCUT2D eigenvalue weighted by Crippen LogP contribution is 2.18. The molecule has 2 aliphatic heterocycles. The van der Waals surface area contributed by atoms with Crippen LogP contribution in [0.1, 0.15) is 26.2 Å². The van der Waals surface area contributed by atoms with E-state index in [1.165, 1.54) is 0 Å². The number of piperazine rings is 1. The van der Waals surface area contributed by atoms with Crippen LogP contribution in [-0.2, 0) is 9.59 Å². The van der Waals surface area contributed by atoms with Gasteiger partial charge >= 0.3 is 0 Å². The summed E-state index contributed by atoms with van der Waals surface area (Å²) in [4.78, 5) is 25.4. The van der Waals surface area contributed by atoms with Crippen molar-refractivity contribution >= 4 is 24.2 Å². The molecule has 0 aromatic rings. The quantitative estimate of drug-likeness (QED) is 0.754. The predicted molar refractivity (Wildman–Crippen MR) is 71.6 cm³/mol. The third-order valence-electron chi connectivity index (χ3n) is 3.74. The summed E-state index contributed by atoms with van der Waals surface area (Å²) >= 11 is 0. The van der Waals surface area contributed by atoms with Crippen LogP contribution in [0.15, 0.2) is 0 Å². The van der Waals surface area contributed by atoms with Gasteiger partial charge in [-0.3, -0.25) is 9.59 Å². The van der Waals surface area contributed by atoms with Crippen molar-refractivity contribution in [2.24, 2.45) is 5.92 Å². The fourth-order valence-corrected chi connectivity index (χ4v) is 2.57. The van der Waals surface area contributed by atoms with Crippen LogP contribution in [0.2, 0.25) is 0 Å². The van der Waals surface area contributed by atoms with Gasteiger partial charge in [0.15, 0.2) is 0 Å². The lowest BCUT2D eigenvalue weighted by atomic mass is 9.93. The molecule has 2 saturated heterocycles. The van der Waals surface area contributed by atoms with Crippen molar-refractivity contribution in [2.75, 3.05) is 26.2 Å². The van der Waals surface area contributed by atoms with E-state index >= 15 is 0 Å². The first-order valence-corrected chi connectivity index (χ1v) is 6.46. The van der Waals surface area contributed by atoms with Crippen molar-refractivity contribution < 1.29 is 9.59 Å². The lowest BCUT2D eigenvalue weighted by molar-refractivity contribution is -0.143. The van der Waals surface area contributed by atoms with Gasteiger partial charge in [0.25, 0.3) is 0 Å². The van der Waals surface area contributed by atoms with E-state index in [-0.39, 0.29) is 30.3 Å². The molecule has 2 aliphatic rings. The molecule has 0 aromatic heterocycles. The average molecular weight is 276 g/mol. The minimum atomic E-state index is -0.307. The summed E-state index contributed by atoms with van der Waals surface area (Å²) in [5.41, 5.74) is 0. The van der Waals surface area contributed by atoms with Gasteiger partial charge in [0.05, 0.1) is 0 Å². The molecule has 0 radical (unpaired) electrons. The second-order valence-corrected chi connectivity index (χ2v) is 4.95. The number of carbonyl (C=O) groups excluding carboxylic acids is 2. The molecule has 0 spiro atoms. The van der Waals surface area contributed by atoms with Crippen molar-refractivity contribution in [2.45, 2.75) is 32.2 Å². The minimum Gasteiger partial charge on any atom is -0.353 e. The Balaban J connectivity index is 0.00000162. The number of nitrogens with zero attached hydrogens (tertiary/aromatic N) is 1. The highest BCUT2D eigenvalue weighted by Gasteiger charge is 2.30. The highest BCUT2D eigenvalue weighted by atomic mass is 35.5. The SMILES string of the molecule is CC1C(=O)NCCN1C(=O)CC1CCNCC1.Cl. The smallest absolute Gasteiger partial charge is 0.242 e. The van der Waals surface area contributed by atoms with Crippen LogP contribution < -0.4 is 10.6 Å². The van der Waals surface area contributed by atoms with E-state index in [1.807, 2.05) is 0 Å². The second-order valence-electron chi connectivity index (χ2n) is 4.95. The van der Waals surface area contributed by atoms with Gasteiger partial charge in [-0.25, -0.2) is 0 Å². The van der Waals surface area contributed by atoms with Crippen molar-refractivity contribution in [3.8, 4) is 0 Å². The number of carbonyl (C=O) groups is 2. The first kappa shape index (κ1) is 15.2. The number of hydrogen-bond acceptors (Lipinski definition) is 3. The fourth-order valence-electron chi connectivity index (χ4n) is 2.57. The number of rotatable bonds is 2. The average Bonchev–Trinajstić information content (AvgIpc) is 2.34. The van der Waals surface area contributed by atoms with Crippen LogP contribution in [0.5, 0.6) is 0 Å². The summed E-state index contributed by atoms with van der Waals surface area (Å²) in [5, 5.41) is 6.07. The van der Waals surface area contributed by atoms with Gasteiger partial charge in [0.2, 0.25) is 11.8 Å². The van der Waals surface area contributed by atoms with Gasteiger partial charge in [-0.1, -0.05) is 0 Å². The summed E-state index contributed by atoms with van der Waals surface area (Å²) in [6, 6.07) is -0.307. The summed E-state index contributed by atoms with van der Waals surface area (Å²) in [7, 11) is 0. The maximum absolute atomic E-state index is 12.1. The lowest BCUT2D eigenvalue weighted by Gasteiger charge is -2.34. The fraction of sp³-hybridized carbons (Fsp3) is 0.833. The van der Waals surface area contributed by atoms with Gasteiger partial charge in [-0.2, -0.15) is 0 Å². The highest BCUT2D eigenvalue weighted by molar-refractivity contribution is 5.88. The van der Waals surface area contributed by atoms with Gasteiger partial charge in [-0.15, -0.1) is 12.4 Å². The maximum Gasteiger partial charge on any atom is 0.242 e. The standard InChI is InChI=1S/C12H21N3O2.ClH/c1-9-12(17)14-6-7-15(9)11(16)8-10-2-4-13-5-3-10;/h9-10,13H,2-8H2,1H3,(H,14,17);1H.